The molecule has 0 amide bonds. The molecule has 3 rings (SSSR count). The Labute approximate surface area is 113 Å². The Morgan fingerprint density at radius 1 is 1.26 bits per heavy atom. The molecule has 0 bridgehead atoms. The lowest BCUT2D eigenvalue weighted by atomic mass is 9.92. The first-order chi connectivity index (χ1) is 9.33. The fraction of sp³-hybridized carbons (Fsp3) is 0.467. The number of benzene rings is 1. The molecule has 1 aliphatic rings. The van der Waals surface area contributed by atoms with E-state index in [9.17, 15) is 0 Å². The molecule has 4 heteroatoms. The molecule has 1 aromatic carbocycles. The van der Waals surface area contributed by atoms with Crippen LogP contribution in [0.25, 0.3) is 5.69 Å². The van der Waals surface area contributed by atoms with Gasteiger partial charge in [-0.05, 0) is 50.8 Å². The molecule has 0 saturated carbocycles. The molecule has 2 unspecified atom stereocenters. The van der Waals surface area contributed by atoms with E-state index in [1.807, 2.05) is 29.1 Å². The van der Waals surface area contributed by atoms with Gasteiger partial charge in [0.25, 0.3) is 0 Å². The van der Waals surface area contributed by atoms with E-state index in [1.54, 1.807) is 0 Å². The van der Waals surface area contributed by atoms with Crippen molar-refractivity contribution < 1.29 is 0 Å². The van der Waals surface area contributed by atoms with Crippen LogP contribution < -0.4 is 5.32 Å². The average molecular weight is 256 g/mol. The third-order valence-corrected chi connectivity index (χ3v) is 3.88. The molecule has 0 radical (unpaired) electrons. The summed E-state index contributed by atoms with van der Waals surface area (Å²) in [5.74, 6) is 0.692. The zero-order chi connectivity index (χ0) is 13.1. The molecule has 2 atom stereocenters. The van der Waals surface area contributed by atoms with Crippen LogP contribution in [0.5, 0.6) is 0 Å². The Morgan fingerprint density at radius 3 is 2.84 bits per heavy atom. The third kappa shape index (κ3) is 2.84. The van der Waals surface area contributed by atoms with Crippen LogP contribution in [-0.2, 0) is 6.42 Å². The standard InChI is InChI=1S/C15H20N4/c1-12-7-8-13(10-16-12)9-15-11-17-18-19(15)14-5-3-2-4-6-14/h2-6,11-13,16H,7-10H2,1H3. The Balaban J connectivity index is 1.74. The number of piperidine rings is 1. The second kappa shape index (κ2) is 5.53. The van der Waals surface area contributed by atoms with Gasteiger partial charge < -0.3 is 5.32 Å². The van der Waals surface area contributed by atoms with Crippen LogP contribution in [0.15, 0.2) is 36.5 Å². The Morgan fingerprint density at radius 2 is 2.11 bits per heavy atom. The van der Waals surface area contributed by atoms with E-state index in [2.05, 4.69) is 34.7 Å². The van der Waals surface area contributed by atoms with Gasteiger partial charge in [0, 0.05) is 6.04 Å². The molecule has 0 aliphatic carbocycles. The Hall–Kier alpha value is -1.68. The van der Waals surface area contributed by atoms with Crippen molar-refractivity contribution in [3.8, 4) is 5.69 Å². The fourth-order valence-electron chi connectivity index (χ4n) is 2.71. The van der Waals surface area contributed by atoms with Crippen molar-refractivity contribution in [2.45, 2.75) is 32.2 Å². The van der Waals surface area contributed by atoms with E-state index in [1.165, 1.54) is 18.5 Å². The zero-order valence-corrected chi connectivity index (χ0v) is 11.3. The summed E-state index contributed by atoms with van der Waals surface area (Å²) in [6.45, 7) is 3.35. The molecule has 4 nitrogen and oxygen atoms in total. The van der Waals surface area contributed by atoms with Crippen LogP contribution in [0.3, 0.4) is 0 Å². The number of nitrogens with zero attached hydrogens (tertiary/aromatic N) is 3. The summed E-state index contributed by atoms with van der Waals surface area (Å²) in [5.41, 5.74) is 2.29. The topological polar surface area (TPSA) is 42.7 Å². The van der Waals surface area contributed by atoms with Crippen molar-refractivity contribution in [2.24, 2.45) is 5.92 Å². The lowest BCUT2D eigenvalue weighted by Gasteiger charge is -2.27. The normalized spacial score (nSPS) is 23.4. The van der Waals surface area contributed by atoms with E-state index in [4.69, 9.17) is 0 Å². The molecule has 2 aromatic rings. The molecule has 1 aromatic heterocycles. The minimum absolute atomic E-state index is 0.661. The van der Waals surface area contributed by atoms with E-state index in [0.717, 1.165) is 18.7 Å². The minimum Gasteiger partial charge on any atom is -0.314 e. The zero-order valence-electron chi connectivity index (χ0n) is 11.3. The van der Waals surface area contributed by atoms with Crippen LogP contribution in [0.4, 0.5) is 0 Å². The SMILES string of the molecule is CC1CCC(Cc2cnnn2-c2ccccc2)CN1. The number of rotatable bonds is 3. The van der Waals surface area contributed by atoms with Gasteiger partial charge in [-0.1, -0.05) is 23.4 Å². The van der Waals surface area contributed by atoms with Gasteiger partial charge in [0.05, 0.1) is 17.6 Å². The van der Waals surface area contributed by atoms with Gasteiger partial charge in [-0.3, -0.25) is 0 Å². The van der Waals surface area contributed by atoms with Gasteiger partial charge in [0.2, 0.25) is 0 Å². The van der Waals surface area contributed by atoms with E-state index in [-0.39, 0.29) is 0 Å². The highest BCUT2D eigenvalue weighted by molar-refractivity contribution is 5.31. The molecule has 1 N–H and O–H groups in total. The lowest BCUT2D eigenvalue weighted by molar-refractivity contribution is 0.319. The number of para-hydroxylation sites is 1. The lowest BCUT2D eigenvalue weighted by Crippen LogP contribution is -2.37. The van der Waals surface area contributed by atoms with Crippen LogP contribution in [0.1, 0.15) is 25.5 Å². The third-order valence-electron chi connectivity index (χ3n) is 3.88. The molecule has 100 valence electrons. The van der Waals surface area contributed by atoms with Crippen molar-refractivity contribution in [2.75, 3.05) is 6.54 Å². The molecule has 0 spiro atoms. The van der Waals surface area contributed by atoms with Gasteiger partial charge in [0.1, 0.15) is 0 Å². The highest BCUT2D eigenvalue weighted by atomic mass is 15.4. The fourth-order valence-corrected chi connectivity index (χ4v) is 2.71. The van der Waals surface area contributed by atoms with Crippen molar-refractivity contribution in [1.29, 1.82) is 0 Å². The first-order valence-corrected chi connectivity index (χ1v) is 7.01. The number of aromatic nitrogens is 3. The maximum Gasteiger partial charge on any atom is 0.0729 e. The van der Waals surface area contributed by atoms with Gasteiger partial charge in [0.15, 0.2) is 0 Å². The van der Waals surface area contributed by atoms with Crippen molar-refractivity contribution >= 4 is 0 Å². The summed E-state index contributed by atoms with van der Waals surface area (Å²) in [4.78, 5) is 0. The van der Waals surface area contributed by atoms with Gasteiger partial charge in [-0.15, -0.1) is 5.10 Å². The summed E-state index contributed by atoms with van der Waals surface area (Å²) >= 11 is 0. The molecular formula is C15H20N4. The van der Waals surface area contributed by atoms with Crippen molar-refractivity contribution in [3.63, 3.8) is 0 Å². The summed E-state index contributed by atoms with van der Waals surface area (Å²) < 4.78 is 1.96. The number of hydrogen-bond acceptors (Lipinski definition) is 3. The number of hydrogen-bond donors (Lipinski definition) is 1. The molecule has 1 aliphatic heterocycles. The second-order valence-electron chi connectivity index (χ2n) is 5.43. The minimum atomic E-state index is 0.661. The Kier molecular flexibility index (Phi) is 3.60. The van der Waals surface area contributed by atoms with Crippen molar-refractivity contribution in [1.82, 2.24) is 20.3 Å². The highest BCUT2D eigenvalue weighted by Crippen LogP contribution is 2.20. The molecule has 2 heterocycles. The monoisotopic (exact) mass is 256 g/mol. The van der Waals surface area contributed by atoms with E-state index >= 15 is 0 Å². The highest BCUT2D eigenvalue weighted by Gasteiger charge is 2.19. The van der Waals surface area contributed by atoms with E-state index in [0.29, 0.717) is 12.0 Å². The molecular weight excluding hydrogens is 236 g/mol. The summed E-state index contributed by atoms with van der Waals surface area (Å²) in [6, 6.07) is 10.9. The van der Waals surface area contributed by atoms with Gasteiger partial charge >= 0.3 is 0 Å². The molecule has 19 heavy (non-hydrogen) atoms. The largest absolute Gasteiger partial charge is 0.314 e. The average Bonchev–Trinajstić information content (AvgIpc) is 2.90. The van der Waals surface area contributed by atoms with Crippen LogP contribution in [0.2, 0.25) is 0 Å². The second-order valence-corrected chi connectivity index (χ2v) is 5.43. The first kappa shape index (κ1) is 12.4. The predicted molar refractivity (Wildman–Crippen MR) is 75.3 cm³/mol. The molecule has 1 fully saturated rings. The maximum atomic E-state index is 4.21. The summed E-state index contributed by atoms with van der Waals surface area (Å²) in [6.07, 6.45) is 5.48. The van der Waals surface area contributed by atoms with E-state index < -0.39 is 0 Å². The van der Waals surface area contributed by atoms with Gasteiger partial charge in [-0.2, -0.15) is 0 Å². The van der Waals surface area contributed by atoms with Crippen molar-refractivity contribution in [3.05, 3.63) is 42.2 Å². The Bertz CT molecular complexity index is 512. The molecule has 1 saturated heterocycles. The smallest absolute Gasteiger partial charge is 0.0729 e. The van der Waals surface area contributed by atoms with Crippen LogP contribution in [-0.4, -0.2) is 27.6 Å². The quantitative estimate of drug-likeness (QED) is 0.915. The number of nitrogens with one attached hydrogen (secondary N) is 1. The summed E-state index contributed by atoms with van der Waals surface area (Å²) in [5, 5.41) is 11.8. The van der Waals surface area contributed by atoms with Gasteiger partial charge in [-0.25, -0.2) is 4.68 Å². The van der Waals surface area contributed by atoms with Crippen LogP contribution >= 0.6 is 0 Å². The summed E-state index contributed by atoms with van der Waals surface area (Å²) in [7, 11) is 0. The van der Waals surface area contributed by atoms with Crippen LogP contribution in [0, 0.1) is 5.92 Å². The predicted octanol–water partition coefficient (Wildman–Crippen LogP) is 2.20. The maximum absolute atomic E-state index is 4.21. The first-order valence-electron chi connectivity index (χ1n) is 7.01.